The number of rotatable bonds is 3. The van der Waals surface area contributed by atoms with Gasteiger partial charge >= 0.3 is 5.97 Å². The van der Waals surface area contributed by atoms with Gasteiger partial charge < -0.3 is 10.1 Å². The molecule has 0 aliphatic carbocycles. The monoisotopic (exact) mass is 307 g/mol. The first kappa shape index (κ1) is 14.3. The molecule has 112 valence electrons. The number of nitro groups is 1. The van der Waals surface area contributed by atoms with Gasteiger partial charge in [0.15, 0.2) is 0 Å². The number of benzene rings is 2. The smallest absolute Gasteiger partial charge is 0.335 e. The molecule has 2 aromatic carbocycles. The Balaban J connectivity index is 2.14. The number of H-pyrrole nitrogens is 1. The van der Waals surface area contributed by atoms with Gasteiger partial charge in [-0.3, -0.25) is 10.1 Å². The van der Waals surface area contributed by atoms with Crippen LogP contribution in [0.15, 0.2) is 42.5 Å². The lowest BCUT2D eigenvalue weighted by molar-refractivity contribution is -0.384. The minimum absolute atomic E-state index is 0.152. The Morgan fingerprint density at radius 3 is 2.48 bits per heavy atom. The fourth-order valence-corrected chi connectivity index (χ4v) is 2.37. The lowest BCUT2D eigenvalue weighted by Crippen LogP contribution is -1.94. The fraction of sp³-hybridized carbons (Fsp3) is 0. The Labute approximate surface area is 129 Å². The van der Waals surface area contributed by atoms with Crippen molar-refractivity contribution in [1.82, 2.24) is 4.98 Å². The summed E-state index contributed by atoms with van der Waals surface area (Å²) in [7, 11) is 0. The number of nitriles is 1. The third kappa shape index (κ3) is 2.49. The summed E-state index contributed by atoms with van der Waals surface area (Å²) in [5.41, 5.74) is 2.07. The minimum Gasteiger partial charge on any atom is -0.478 e. The quantitative estimate of drug-likeness (QED) is 0.568. The lowest BCUT2D eigenvalue weighted by Gasteiger charge is -1.99. The number of aromatic nitrogens is 1. The van der Waals surface area contributed by atoms with E-state index in [0.717, 1.165) is 5.56 Å². The molecule has 0 radical (unpaired) electrons. The van der Waals surface area contributed by atoms with Crippen LogP contribution >= 0.6 is 0 Å². The van der Waals surface area contributed by atoms with Crippen molar-refractivity contribution in [3.05, 3.63) is 63.7 Å². The third-order valence-electron chi connectivity index (χ3n) is 3.49. The van der Waals surface area contributed by atoms with Crippen LogP contribution in [0.1, 0.15) is 15.9 Å². The molecule has 7 heteroatoms. The SMILES string of the molecule is N#Cc1cc([N+](=O)[O-])cc2cc(-c3ccc(C(=O)O)cc3)[nH]c12. The molecule has 0 saturated heterocycles. The van der Waals surface area contributed by atoms with E-state index in [4.69, 9.17) is 10.4 Å². The van der Waals surface area contributed by atoms with Crippen molar-refractivity contribution in [2.75, 3.05) is 0 Å². The molecule has 0 aliphatic heterocycles. The molecule has 1 aromatic heterocycles. The Kier molecular flexibility index (Phi) is 3.27. The predicted octanol–water partition coefficient (Wildman–Crippen LogP) is 3.31. The molecule has 0 saturated carbocycles. The topological polar surface area (TPSA) is 120 Å². The van der Waals surface area contributed by atoms with Crippen molar-refractivity contribution in [2.45, 2.75) is 0 Å². The number of nitrogens with one attached hydrogen (secondary N) is 1. The number of carboxylic acids is 1. The van der Waals surface area contributed by atoms with Crippen molar-refractivity contribution < 1.29 is 14.8 Å². The van der Waals surface area contributed by atoms with Gasteiger partial charge in [-0.05, 0) is 23.8 Å². The molecule has 0 atom stereocenters. The second-order valence-corrected chi connectivity index (χ2v) is 4.89. The van der Waals surface area contributed by atoms with Crippen LogP contribution in [0.3, 0.4) is 0 Å². The largest absolute Gasteiger partial charge is 0.478 e. The van der Waals surface area contributed by atoms with Crippen LogP contribution in [0, 0.1) is 21.4 Å². The molecule has 0 unspecified atom stereocenters. The van der Waals surface area contributed by atoms with Crippen LogP contribution < -0.4 is 0 Å². The Bertz CT molecular complexity index is 981. The molecule has 3 aromatic rings. The molecule has 0 aliphatic rings. The molecular weight excluding hydrogens is 298 g/mol. The minimum atomic E-state index is -1.02. The highest BCUT2D eigenvalue weighted by Crippen LogP contribution is 2.29. The fourth-order valence-electron chi connectivity index (χ4n) is 2.37. The normalized spacial score (nSPS) is 10.4. The molecule has 3 rings (SSSR count). The van der Waals surface area contributed by atoms with Crippen molar-refractivity contribution in [1.29, 1.82) is 5.26 Å². The Hall–Kier alpha value is -3.66. The van der Waals surface area contributed by atoms with Crippen molar-refractivity contribution >= 4 is 22.6 Å². The summed E-state index contributed by atoms with van der Waals surface area (Å²) in [6.07, 6.45) is 0. The van der Waals surface area contributed by atoms with E-state index < -0.39 is 10.9 Å². The number of aromatic carboxylic acids is 1. The molecule has 0 bridgehead atoms. The zero-order valence-electron chi connectivity index (χ0n) is 11.6. The number of hydrogen-bond donors (Lipinski definition) is 2. The zero-order valence-corrected chi connectivity index (χ0v) is 11.6. The van der Waals surface area contributed by atoms with Gasteiger partial charge in [-0.1, -0.05) is 12.1 Å². The van der Waals surface area contributed by atoms with Crippen LogP contribution in [0.2, 0.25) is 0 Å². The highest BCUT2D eigenvalue weighted by molar-refractivity contribution is 5.92. The summed E-state index contributed by atoms with van der Waals surface area (Å²) in [6, 6.07) is 12.4. The summed E-state index contributed by atoms with van der Waals surface area (Å²) in [5.74, 6) is -1.02. The number of carboxylic acid groups (broad SMARTS) is 1. The molecule has 0 spiro atoms. The molecule has 1 heterocycles. The summed E-state index contributed by atoms with van der Waals surface area (Å²) >= 11 is 0. The van der Waals surface area contributed by atoms with Crippen LogP contribution in [-0.2, 0) is 0 Å². The summed E-state index contributed by atoms with van der Waals surface area (Å²) in [5, 5.41) is 29.5. The van der Waals surface area contributed by atoms with Gasteiger partial charge in [0.1, 0.15) is 6.07 Å². The van der Waals surface area contributed by atoms with E-state index in [1.54, 1.807) is 18.2 Å². The van der Waals surface area contributed by atoms with Gasteiger partial charge in [0.2, 0.25) is 0 Å². The molecule has 0 fully saturated rings. The maximum absolute atomic E-state index is 10.9. The maximum Gasteiger partial charge on any atom is 0.335 e. The van der Waals surface area contributed by atoms with Gasteiger partial charge in [0, 0.05) is 23.2 Å². The second kappa shape index (κ2) is 5.27. The van der Waals surface area contributed by atoms with E-state index in [2.05, 4.69) is 4.98 Å². The number of non-ortho nitro benzene ring substituents is 1. The van der Waals surface area contributed by atoms with Crippen LogP contribution in [0.4, 0.5) is 5.69 Å². The Morgan fingerprint density at radius 1 is 1.22 bits per heavy atom. The highest BCUT2D eigenvalue weighted by Gasteiger charge is 2.14. The summed E-state index contributed by atoms with van der Waals surface area (Å²) in [6.45, 7) is 0. The van der Waals surface area contributed by atoms with Crippen LogP contribution in [0.5, 0.6) is 0 Å². The van der Waals surface area contributed by atoms with E-state index in [-0.39, 0.29) is 16.8 Å². The number of nitro benzene ring substituents is 1. The van der Waals surface area contributed by atoms with Gasteiger partial charge in [0.05, 0.1) is 21.6 Å². The van der Waals surface area contributed by atoms with Crippen LogP contribution in [-0.4, -0.2) is 21.0 Å². The predicted molar refractivity (Wildman–Crippen MR) is 82.1 cm³/mol. The molecule has 7 nitrogen and oxygen atoms in total. The highest BCUT2D eigenvalue weighted by atomic mass is 16.6. The van der Waals surface area contributed by atoms with Crippen molar-refractivity contribution in [3.63, 3.8) is 0 Å². The molecule has 2 N–H and O–H groups in total. The maximum atomic E-state index is 10.9. The standard InChI is InChI=1S/C16H9N3O4/c17-8-12-6-13(19(22)23)5-11-7-14(18-15(11)12)9-1-3-10(4-2-9)16(20)21/h1-7,18H,(H,20,21). The first-order valence-corrected chi connectivity index (χ1v) is 6.54. The molecular formula is C16H9N3O4. The van der Waals surface area contributed by atoms with Gasteiger partial charge in [0.25, 0.3) is 5.69 Å². The van der Waals surface area contributed by atoms with Gasteiger partial charge in [-0.15, -0.1) is 0 Å². The van der Waals surface area contributed by atoms with E-state index in [1.807, 2.05) is 6.07 Å². The van der Waals surface area contributed by atoms with E-state index in [9.17, 15) is 14.9 Å². The second-order valence-electron chi connectivity index (χ2n) is 4.89. The third-order valence-corrected chi connectivity index (χ3v) is 3.49. The van der Waals surface area contributed by atoms with E-state index in [1.165, 1.54) is 24.3 Å². The lowest BCUT2D eigenvalue weighted by atomic mass is 10.1. The summed E-state index contributed by atoms with van der Waals surface area (Å²) < 4.78 is 0. The Morgan fingerprint density at radius 2 is 1.91 bits per heavy atom. The number of aromatic amines is 1. The van der Waals surface area contributed by atoms with Gasteiger partial charge in [-0.2, -0.15) is 5.26 Å². The molecule has 0 amide bonds. The number of hydrogen-bond acceptors (Lipinski definition) is 4. The number of fused-ring (bicyclic) bond motifs is 1. The number of nitrogens with zero attached hydrogens (tertiary/aromatic N) is 2. The van der Waals surface area contributed by atoms with Crippen molar-refractivity contribution in [2.24, 2.45) is 0 Å². The average Bonchev–Trinajstić information content (AvgIpc) is 2.97. The van der Waals surface area contributed by atoms with Gasteiger partial charge in [-0.25, -0.2) is 4.79 Å². The average molecular weight is 307 g/mol. The van der Waals surface area contributed by atoms with E-state index in [0.29, 0.717) is 16.6 Å². The zero-order chi connectivity index (χ0) is 16.6. The summed E-state index contributed by atoms with van der Waals surface area (Å²) in [4.78, 5) is 24.3. The molecule has 23 heavy (non-hydrogen) atoms. The first-order chi connectivity index (χ1) is 11.0. The number of carbonyl (C=O) groups is 1. The first-order valence-electron chi connectivity index (χ1n) is 6.54. The van der Waals surface area contributed by atoms with Crippen molar-refractivity contribution in [3.8, 4) is 17.3 Å². The van der Waals surface area contributed by atoms with E-state index >= 15 is 0 Å². The van der Waals surface area contributed by atoms with Crippen LogP contribution in [0.25, 0.3) is 22.2 Å².